The van der Waals surface area contributed by atoms with Gasteiger partial charge in [0.25, 0.3) is 0 Å². The van der Waals surface area contributed by atoms with E-state index in [4.69, 9.17) is 14.2 Å². The normalized spacial score (nSPS) is 38.9. The lowest BCUT2D eigenvalue weighted by Crippen LogP contribution is -2.67. The molecular weight excluding hydrogens is 334 g/mol. The second kappa shape index (κ2) is 6.13. The van der Waals surface area contributed by atoms with Gasteiger partial charge in [0.2, 0.25) is 0 Å². The second-order valence-corrected chi connectivity index (χ2v) is 8.17. The van der Waals surface area contributed by atoms with E-state index in [1.165, 1.54) is 0 Å². The number of esters is 1. The highest BCUT2D eigenvalue weighted by molar-refractivity contribution is 5.76. The predicted octanol–water partition coefficient (Wildman–Crippen LogP) is 2.91. The Bertz CT molecular complexity index is 508. The van der Waals surface area contributed by atoms with Crippen molar-refractivity contribution >= 4 is 5.97 Å². The molecule has 4 bridgehead atoms. The summed E-state index contributed by atoms with van der Waals surface area (Å²) in [7, 11) is 0. The van der Waals surface area contributed by atoms with Gasteiger partial charge >= 0.3 is 11.9 Å². The molecule has 1 aliphatic heterocycles. The van der Waals surface area contributed by atoms with E-state index >= 15 is 0 Å². The lowest BCUT2D eigenvalue weighted by atomic mass is 9.51. The topological polar surface area (TPSA) is 54.0 Å². The van der Waals surface area contributed by atoms with Crippen molar-refractivity contribution in [3.05, 3.63) is 0 Å². The highest BCUT2D eigenvalue weighted by Gasteiger charge is 2.64. The van der Waals surface area contributed by atoms with Crippen LogP contribution < -0.4 is 0 Å². The van der Waals surface area contributed by atoms with E-state index < -0.39 is 17.7 Å². The van der Waals surface area contributed by atoms with Gasteiger partial charge in [-0.1, -0.05) is 0 Å². The van der Waals surface area contributed by atoms with Gasteiger partial charge in [-0.05, 0) is 44.4 Å². The standard InChI is InChI=1S/C18H26F2O5/c1-16(19,20)15(21)22-5-6-23-17-9-12-7-13(10-17)18(14(8-12)11-17)24-3-2-4-25-18/h12-14H,2-11H2,1H3. The van der Waals surface area contributed by atoms with Crippen LogP contribution >= 0.6 is 0 Å². The third-order valence-corrected chi connectivity index (χ3v) is 6.30. The molecule has 142 valence electrons. The molecule has 0 amide bonds. The van der Waals surface area contributed by atoms with Crippen LogP contribution in [0.5, 0.6) is 0 Å². The number of hydrogen-bond donors (Lipinski definition) is 0. The smallest absolute Gasteiger partial charge is 0.376 e. The van der Waals surface area contributed by atoms with E-state index in [1.54, 1.807) is 0 Å². The summed E-state index contributed by atoms with van der Waals surface area (Å²) in [6, 6.07) is 0. The van der Waals surface area contributed by atoms with Crippen LogP contribution in [0.15, 0.2) is 0 Å². The maximum absolute atomic E-state index is 12.8. The highest BCUT2D eigenvalue weighted by atomic mass is 19.3. The Morgan fingerprint density at radius 1 is 1.12 bits per heavy atom. The first-order valence-corrected chi connectivity index (χ1v) is 9.30. The number of ether oxygens (including phenoxy) is 4. The van der Waals surface area contributed by atoms with Crippen LogP contribution in [0.4, 0.5) is 8.78 Å². The number of carbonyl (C=O) groups is 1. The number of alkyl halides is 2. The molecule has 1 saturated heterocycles. The zero-order valence-electron chi connectivity index (χ0n) is 14.6. The molecule has 5 fully saturated rings. The van der Waals surface area contributed by atoms with Crippen LogP contribution in [0.2, 0.25) is 0 Å². The average molecular weight is 360 g/mol. The minimum Gasteiger partial charge on any atom is -0.459 e. The Labute approximate surface area is 146 Å². The molecule has 0 aromatic rings. The summed E-state index contributed by atoms with van der Waals surface area (Å²) >= 11 is 0. The molecule has 5 rings (SSSR count). The first-order valence-electron chi connectivity index (χ1n) is 9.30. The summed E-state index contributed by atoms with van der Waals surface area (Å²) in [5.41, 5.74) is -0.243. The number of rotatable bonds is 5. The van der Waals surface area contributed by atoms with Crippen molar-refractivity contribution in [2.75, 3.05) is 26.4 Å². The molecular formula is C18H26F2O5. The van der Waals surface area contributed by atoms with Gasteiger partial charge in [-0.15, -0.1) is 0 Å². The van der Waals surface area contributed by atoms with Gasteiger partial charge in [0.1, 0.15) is 6.61 Å². The van der Waals surface area contributed by atoms with Crippen LogP contribution in [0.25, 0.3) is 0 Å². The Morgan fingerprint density at radius 2 is 1.76 bits per heavy atom. The van der Waals surface area contributed by atoms with Crippen molar-refractivity contribution in [3.8, 4) is 0 Å². The lowest BCUT2D eigenvalue weighted by Gasteiger charge is -2.64. The lowest BCUT2D eigenvalue weighted by molar-refractivity contribution is -0.375. The molecule has 5 nitrogen and oxygen atoms in total. The average Bonchev–Trinajstić information content (AvgIpc) is 2.56. The summed E-state index contributed by atoms with van der Waals surface area (Å²) in [5, 5.41) is 0. The third kappa shape index (κ3) is 3.08. The van der Waals surface area contributed by atoms with Gasteiger partial charge in [-0.25, -0.2) is 4.79 Å². The van der Waals surface area contributed by atoms with E-state index in [0.717, 1.165) is 51.7 Å². The molecule has 0 aromatic heterocycles. The van der Waals surface area contributed by atoms with Crippen LogP contribution in [-0.4, -0.2) is 49.7 Å². The second-order valence-electron chi connectivity index (χ2n) is 8.17. The Hall–Kier alpha value is -0.790. The summed E-state index contributed by atoms with van der Waals surface area (Å²) in [6.07, 6.45) is 5.90. The Balaban J connectivity index is 1.35. The van der Waals surface area contributed by atoms with Gasteiger partial charge in [0, 0.05) is 18.8 Å². The molecule has 25 heavy (non-hydrogen) atoms. The van der Waals surface area contributed by atoms with Crippen LogP contribution in [0, 0.1) is 17.8 Å². The largest absolute Gasteiger partial charge is 0.459 e. The molecule has 5 aliphatic rings. The van der Waals surface area contributed by atoms with E-state index in [2.05, 4.69) is 4.74 Å². The minimum atomic E-state index is -3.46. The Morgan fingerprint density at radius 3 is 2.36 bits per heavy atom. The maximum atomic E-state index is 12.8. The molecule has 1 heterocycles. The fourth-order valence-electron chi connectivity index (χ4n) is 5.59. The first-order chi connectivity index (χ1) is 11.8. The first kappa shape index (κ1) is 17.6. The van der Waals surface area contributed by atoms with Crippen molar-refractivity contribution in [2.24, 2.45) is 17.8 Å². The van der Waals surface area contributed by atoms with Gasteiger partial charge in [0.15, 0.2) is 5.79 Å². The zero-order valence-corrected chi connectivity index (χ0v) is 14.6. The van der Waals surface area contributed by atoms with Crippen molar-refractivity contribution in [1.82, 2.24) is 0 Å². The monoisotopic (exact) mass is 360 g/mol. The fraction of sp³-hybridized carbons (Fsp3) is 0.944. The summed E-state index contributed by atoms with van der Waals surface area (Å²) in [6.45, 7) is 2.07. The van der Waals surface area contributed by atoms with Gasteiger partial charge in [-0.3, -0.25) is 0 Å². The van der Waals surface area contributed by atoms with Gasteiger partial charge in [-0.2, -0.15) is 8.78 Å². The molecule has 7 heteroatoms. The van der Waals surface area contributed by atoms with E-state index in [1.807, 2.05) is 0 Å². The quantitative estimate of drug-likeness (QED) is 0.557. The molecule has 0 aromatic carbocycles. The van der Waals surface area contributed by atoms with E-state index in [0.29, 0.717) is 24.7 Å². The summed E-state index contributed by atoms with van der Waals surface area (Å²) < 4.78 is 48.7. The summed E-state index contributed by atoms with van der Waals surface area (Å²) in [4.78, 5) is 11.1. The molecule has 1 spiro atoms. The Kier molecular flexibility index (Phi) is 4.32. The van der Waals surface area contributed by atoms with Crippen molar-refractivity contribution < 1.29 is 32.5 Å². The predicted molar refractivity (Wildman–Crippen MR) is 83.1 cm³/mol. The van der Waals surface area contributed by atoms with Gasteiger partial charge in [0.05, 0.1) is 25.4 Å². The van der Waals surface area contributed by atoms with Crippen molar-refractivity contribution in [1.29, 1.82) is 0 Å². The number of hydrogen-bond acceptors (Lipinski definition) is 5. The molecule has 2 atom stereocenters. The fourth-order valence-corrected chi connectivity index (χ4v) is 5.59. The van der Waals surface area contributed by atoms with Crippen LogP contribution in [0.3, 0.4) is 0 Å². The molecule has 0 radical (unpaired) electrons. The highest BCUT2D eigenvalue weighted by Crippen LogP contribution is 2.63. The zero-order chi connectivity index (χ0) is 17.7. The van der Waals surface area contributed by atoms with Crippen LogP contribution in [-0.2, 0) is 23.7 Å². The van der Waals surface area contributed by atoms with Crippen LogP contribution in [0.1, 0.15) is 45.4 Å². The maximum Gasteiger partial charge on any atom is 0.376 e. The number of halogens is 2. The molecule has 4 saturated carbocycles. The molecule has 4 aliphatic carbocycles. The number of carbonyl (C=O) groups excluding carboxylic acids is 1. The third-order valence-electron chi connectivity index (χ3n) is 6.30. The SMILES string of the molecule is CC(F)(F)C(=O)OCCOC12CC3CC(C1)C1(OCCCO1)C(C3)C2. The van der Waals surface area contributed by atoms with Crippen molar-refractivity contribution in [3.63, 3.8) is 0 Å². The van der Waals surface area contributed by atoms with Gasteiger partial charge < -0.3 is 18.9 Å². The van der Waals surface area contributed by atoms with E-state index in [-0.39, 0.29) is 18.8 Å². The minimum absolute atomic E-state index is 0.137. The molecule has 0 N–H and O–H groups in total. The van der Waals surface area contributed by atoms with E-state index in [9.17, 15) is 13.6 Å². The van der Waals surface area contributed by atoms with Crippen molar-refractivity contribution in [2.45, 2.75) is 62.8 Å². The summed E-state index contributed by atoms with van der Waals surface area (Å²) in [5.74, 6) is -4.10. The molecule has 2 unspecified atom stereocenters.